The summed E-state index contributed by atoms with van der Waals surface area (Å²) in [6.07, 6.45) is 3.66. The molecule has 0 aliphatic heterocycles. The van der Waals surface area contributed by atoms with Crippen molar-refractivity contribution in [2.75, 3.05) is 13.7 Å². The summed E-state index contributed by atoms with van der Waals surface area (Å²) in [6, 6.07) is 11.9. The first kappa shape index (κ1) is 17.3. The molecule has 5 nitrogen and oxygen atoms in total. The summed E-state index contributed by atoms with van der Waals surface area (Å²) >= 11 is 0. The summed E-state index contributed by atoms with van der Waals surface area (Å²) < 4.78 is 15.7. The molecule has 0 aliphatic rings. The normalized spacial score (nSPS) is 10.4. The van der Waals surface area contributed by atoms with Crippen molar-refractivity contribution in [2.24, 2.45) is 0 Å². The molecule has 0 N–H and O–H groups in total. The fourth-order valence-electron chi connectivity index (χ4n) is 1.99. The van der Waals surface area contributed by atoms with Crippen LogP contribution in [0.25, 0.3) is 6.08 Å². The van der Waals surface area contributed by atoms with E-state index in [1.165, 1.54) is 25.3 Å². The van der Waals surface area contributed by atoms with Crippen molar-refractivity contribution < 1.29 is 23.8 Å². The maximum absolute atomic E-state index is 11.9. The molecule has 0 bridgehead atoms. The van der Waals surface area contributed by atoms with Crippen LogP contribution in [0.3, 0.4) is 0 Å². The van der Waals surface area contributed by atoms with Gasteiger partial charge in [0.2, 0.25) is 0 Å². The lowest BCUT2D eigenvalue weighted by atomic mass is 10.2. The summed E-state index contributed by atoms with van der Waals surface area (Å²) in [5.41, 5.74) is 1.29. The Morgan fingerprint density at radius 3 is 2.38 bits per heavy atom. The molecule has 0 aromatic heterocycles. The van der Waals surface area contributed by atoms with E-state index in [0.717, 1.165) is 11.3 Å². The van der Waals surface area contributed by atoms with Gasteiger partial charge in [-0.25, -0.2) is 4.79 Å². The minimum Gasteiger partial charge on any atom is -0.494 e. The number of aldehydes is 1. The fourth-order valence-corrected chi connectivity index (χ4v) is 1.99. The molecule has 2 rings (SSSR count). The van der Waals surface area contributed by atoms with Gasteiger partial charge >= 0.3 is 5.97 Å². The number of benzene rings is 2. The molecule has 5 heteroatoms. The summed E-state index contributed by atoms with van der Waals surface area (Å²) in [5.74, 6) is 0.810. The Bertz CT molecular complexity index is 732. The smallest absolute Gasteiger partial charge is 0.336 e. The molecule has 0 amide bonds. The highest BCUT2D eigenvalue weighted by Gasteiger charge is 2.08. The molecule has 0 fully saturated rings. The second-order valence-electron chi connectivity index (χ2n) is 4.78. The number of ether oxygens (including phenoxy) is 3. The predicted octanol–water partition coefficient (Wildman–Crippen LogP) is 3.53. The number of hydrogen-bond acceptors (Lipinski definition) is 5. The molecule has 0 spiro atoms. The Kier molecular flexibility index (Phi) is 6.14. The van der Waals surface area contributed by atoms with Gasteiger partial charge in [0.1, 0.15) is 12.0 Å². The topological polar surface area (TPSA) is 61.8 Å². The lowest BCUT2D eigenvalue weighted by Crippen LogP contribution is -2.05. The Hall–Kier alpha value is -3.08. The number of carbonyl (C=O) groups is 2. The van der Waals surface area contributed by atoms with E-state index in [2.05, 4.69) is 0 Å². The summed E-state index contributed by atoms with van der Waals surface area (Å²) in [7, 11) is 1.44. The first-order valence-corrected chi connectivity index (χ1v) is 7.42. The van der Waals surface area contributed by atoms with Crippen LogP contribution < -0.4 is 14.2 Å². The van der Waals surface area contributed by atoms with Gasteiger partial charge in [0, 0.05) is 11.6 Å². The van der Waals surface area contributed by atoms with Crippen molar-refractivity contribution in [1.82, 2.24) is 0 Å². The highest BCUT2D eigenvalue weighted by molar-refractivity contribution is 5.89. The van der Waals surface area contributed by atoms with E-state index in [0.29, 0.717) is 24.2 Å². The highest BCUT2D eigenvalue weighted by Crippen LogP contribution is 2.27. The van der Waals surface area contributed by atoms with E-state index in [9.17, 15) is 9.59 Å². The molecule has 0 saturated carbocycles. The van der Waals surface area contributed by atoms with Crippen LogP contribution in [-0.4, -0.2) is 26.0 Å². The molecule has 0 heterocycles. The van der Waals surface area contributed by atoms with E-state index < -0.39 is 5.97 Å². The van der Waals surface area contributed by atoms with Gasteiger partial charge in [-0.05, 0) is 48.9 Å². The zero-order valence-corrected chi connectivity index (χ0v) is 13.5. The number of methoxy groups -OCH3 is 1. The van der Waals surface area contributed by atoms with Gasteiger partial charge in [0.25, 0.3) is 0 Å². The van der Waals surface area contributed by atoms with Crippen LogP contribution in [0.2, 0.25) is 0 Å². The van der Waals surface area contributed by atoms with Crippen LogP contribution >= 0.6 is 0 Å². The third-order valence-electron chi connectivity index (χ3n) is 3.14. The maximum atomic E-state index is 11.9. The molecule has 0 saturated heterocycles. The molecule has 24 heavy (non-hydrogen) atoms. The minimum absolute atomic E-state index is 0.254. The van der Waals surface area contributed by atoms with Crippen LogP contribution in [0.1, 0.15) is 22.8 Å². The van der Waals surface area contributed by atoms with Crippen molar-refractivity contribution in [1.29, 1.82) is 0 Å². The number of rotatable bonds is 7. The lowest BCUT2D eigenvalue weighted by molar-refractivity contribution is -0.129. The van der Waals surface area contributed by atoms with Crippen molar-refractivity contribution in [2.45, 2.75) is 6.92 Å². The van der Waals surface area contributed by atoms with Gasteiger partial charge in [-0.1, -0.05) is 12.1 Å². The molecule has 0 atom stereocenters. The molecule has 124 valence electrons. The van der Waals surface area contributed by atoms with Crippen LogP contribution in [0.15, 0.2) is 48.5 Å². The molecule has 0 aliphatic carbocycles. The van der Waals surface area contributed by atoms with Gasteiger partial charge in [-0.3, -0.25) is 4.79 Å². The number of hydrogen-bond donors (Lipinski definition) is 0. The third-order valence-corrected chi connectivity index (χ3v) is 3.14. The molecule has 0 radical (unpaired) electrons. The van der Waals surface area contributed by atoms with Crippen LogP contribution in [0, 0.1) is 0 Å². The Morgan fingerprint density at radius 2 is 1.75 bits per heavy atom. The number of esters is 1. The fraction of sp³-hybridized carbons (Fsp3) is 0.158. The van der Waals surface area contributed by atoms with Crippen molar-refractivity contribution >= 4 is 18.3 Å². The van der Waals surface area contributed by atoms with E-state index in [1.54, 1.807) is 12.1 Å². The van der Waals surface area contributed by atoms with E-state index in [1.807, 2.05) is 31.2 Å². The van der Waals surface area contributed by atoms with Crippen molar-refractivity contribution in [3.05, 3.63) is 59.7 Å². The largest absolute Gasteiger partial charge is 0.494 e. The number of carbonyl (C=O) groups excluding carboxylic acids is 2. The van der Waals surface area contributed by atoms with Gasteiger partial charge in [0.05, 0.1) is 13.7 Å². The lowest BCUT2D eigenvalue weighted by Gasteiger charge is -2.08. The van der Waals surface area contributed by atoms with Gasteiger partial charge in [0.15, 0.2) is 11.5 Å². The monoisotopic (exact) mass is 326 g/mol. The summed E-state index contributed by atoms with van der Waals surface area (Å²) in [5, 5.41) is 0. The predicted molar refractivity (Wildman–Crippen MR) is 90.7 cm³/mol. The molecule has 2 aromatic carbocycles. The SMILES string of the molecule is CCOc1ccc(C=CC(=O)Oc2ccc(C=O)cc2OC)cc1. The zero-order valence-electron chi connectivity index (χ0n) is 13.5. The maximum Gasteiger partial charge on any atom is 0.336 e. The second-order valence-corrected chi connectivity index (χ2v) is 4.78. The summed E-state index contributed by atoms with van der Waals surface area (Å²) in [6.45, 7) is 2.52. The van der Waals surface area contributed by atoms with Crippen LogP contribution in [-0.2, 0) is 4.79 Å². The minimum atomic E-state index is -0.541. The quantitative estimate of drug-likeness (QED) is 0.337. The average Bonchev–Trinajstić information content (AvgIpc) is 2.61. The average molecular weight is 326 g/mol. The molecular weight excluding hydrogens is 308 g/mol. The van der Waals surface area contributed by atoms with Gasteiger partial charge in [-0.2, -0.15) is 0 Å². The summed E-state index contributed by atoms with van der Waals surface area (Å²) in [4.78, 5) is 22.7. The van der Waals surface area contributed by atoms with E-state index in [4.69, 9.17) is 14.2 Å². The Balaban J connectivity index is 2.03. The Morgan fingerprint density at radius 1 is 1.04 bits per heavy atom. The van der Waals surface area contributed by atoms with Crippen molar-refractivity contribution in [3.8, 4) is 17.2 Å². The van der Waals surface area contributed by atoms with Gasteiger partial charge in [-0.15, -0.1) is 0 Å². The van der Waals surface area contributed by atoms with Crippen molar-refractivity contribution in [3.63, 3.8) is 0 Å². The molecular formula is C19H18O5. The first-order chi connectivity index (χ1) is 11.7. The molecule has 2 aromatic rings. The van der Waals surface area contributed by atoms with Crippen LogP contribution in [0.5, 0.6) is 17.2 Å². The standard InChI is InChI=1S/C19H18O5/c1-3-23-16-8-4-14(5-9-16)7-11-19(21)24-17-10-6-15(13-20)12-18(17)22-2/h4-13H,3H2,1-2H3. The zero-order chi connectivity index (χ0) is 17.4. The van der Waals surface area contributed by atoms with Crippen LogP contribution in [0.4, 0.5) is 0 Å². The third kappa shape index (κ3) is 4.71. The second kappa shape index (κ2) is 8.53. The first-order valence-electron chi connectivity index (χ1n) is 7.42. The highest BCUT2D eigenvalue weighted by atomic mass is 16.6. The Labute approximate surface area is 140 Å². The van der Waals surface area contributed by atoms with E-state index in [-0.39, 0.29) is 5.75 Å². The van der Waals surface area contributed by atoms with E-state index >= 15 is 0 Å². The molecule has 0 unspecified atom stereocenters. The van der Waals surface area contributed by atoms with Gasteiger partial charge < -0.3 is 14.2 Å².